The van der Waals surface area contributed by atoms with Gasteiger partial charge in [0.1, 0.15) is 18.1 Å². The first kappa shape index (κ1) is 48.6. The topological polar surface area (TPSA) is 290 Å². The van der Waals surface area contributed by atoms with Crippen LogP contribution in [0.25, 0.3) is 0 Å². The molecule has 0 aromatic rings. The van der Waals surface area contributed by atoms with Gasteiger partial charge in [0.05, 0.1) is 6.54 Å². The van der Waals surface area contributed by atoms with Gasteiger partial charge in [0.2, 0.25) is 29.5 Å². The smallest absolute Gasteiger partial charge is 0.326 e. The van der Waals surface area contributed by atoms with Crippen molar-refractivity contribution in [1.82, 2.24) is 20.9 Å². The minimum atomic E-state index is -1.24. The summed E-state index contributed by atoms with van der Waals surface area (Å²) in [6, 6.07) is -3.34. The van der Waals surface area contributed by atoms with Crippen LogP contribution < -0.4 is 33.2 Å². The molecule has 53 heavy (non-hydrogen) atoms. The molecule has 1 aliphatic rings. The van der Waals surface area contributed by atoms with Crippen LogP contribution in [-0.2, 0) is 33.6 Å². The highest BCUT2D eigenvalue weighted by Crippen LogP contribution is 2.20. The standard InChI is InChI=1S/C34H62N8O7.C2H4O2/c1-2-3-4-5-6-7-8-9-10-11-12-13-14-19-29(44)39-24-30(45)40-25(20-21-28(35)43)32(47)42-23-16-18-27(42)31(46)41-26(33(48)49)17-15-22-38-34(36)37;1-2(3)4/h25-27H,2-24H2,1H3,(H2,35,43)(H,39,44)(H,40,45)(H,41,46)(H,48,49)(H4,36,37,38);1H3,(H,3,4)/t25-,26-,27-;/m0./s1. The summed E-state index contributed by atoms with van der Waals surface area (Å²) in [6.07, 6.45) is 16.7. The van der Waals surface area contributed by atoms with Gasteiger partial charge in [0.15, 0.2) is 5.96 Å². The fourth-order valence-electron chi connectivity index (χ4n) is 5.89. The second kappa shape index (κ2) is 30.1. The molecule has 11 N–H and O–H groups in total. The molecule has 0 spiro atoms. The van der Waals surface area contributed by atoms with Crippen molar-refractivity contribution in [1.29, 1.82) is 0 Å². The molecule has 1 saturated heterocycles. The van der Waals surface area contributed by atoms with E-state index in [9.17, 15) is 33.9 Å². The number of likely N-dealkylation sites (tertiary alicyclic amines) is 1. The van der Waals surface area contributed by atoms with E-state index in [4.69, 9.17) is 27.1 Å². The molecule has 1 aliphatic heterocycles. The minimum Gasteiger partial charge on any atom is -0.481 e. The van der Waals surface area contributed by atoms with Crippen LogP contribution in [0.5, 0.6) is 0 Å². The van der Waals surface area contributed by atoms with Gasteiger partial charge in [-0.15, -0.1) is 0 Å². The first-order chi connectivity index (χ1) is 25.2. The Morgan fingerprint density at radius 3 is 1.79 bits per heavy atom. The van der Waals surface area contributed by atoms with Crippen LogP contribution in [-0.4, -0.2) is 100 Å². The number of carboxylic acid groups (broad SMARTS) is 2. The second-order valence-corrected chi connectivity index (χ2v) is 13.5. The lowest BCUT2D eigenvalue weighted by molar-refractivity contribution is -0.145. The number of nitrogens with zero attached hydrogens (tertiary/aromatic N) is 2. The summed E-state index contributed by atoms with van der Waals surface area (Å²) >= 11 is 0. The molecule has 17 heteroatoms. The highest BCUT2D eigenvalue weighted by Gasteiger charge is 2.38. The highest BCUT2D eigenvalue weighted by molar-refractivity contribution is 5.94. The fourth-order valence-corrected chi connectivity index (χ4v) is 5.89. The maximum Gasteiger partial charge on any atom is 0.326 e. The Labute approximate surface area is 314 Å². The maximum atomic E-state index is 13.5. The molecule has 0 aromatic heterocycles. The third kappa shape index (κ3) is 26.1. The van der Waals surface area contributed by atoms with E-state index in [1.807, 2.05) is 0 Å². The van der Waals surface area contributed by atoms with Crippen molar-refractivity contribution in [3.63, 3.8) is 0 Å². The normalized spacial score (nSPS) is 14.5. The number of aliphatic carboxylic acids is 2. The quantitative estimate of drug-likeness (QED) is 0.0325. The lowest BCUT2D eigenvalue weighted by Gasteiger charge is -2.29. The number of nitrogens with two attached hydrogens (primary N) is 3. The second-order valence-electron chi connectivity index (χ2n) is 13.5. The van der Waals surface area contributed by atoms with Crippen LogP contribution in [0.1, 0.15) is 142 Å². The van der Waals surface area contributed by atoms with E-state index in [0.29, 0.717) is 25.7 Å². The van der Waals surface area contributed by atoms with Crippen LogP contribution in [0.4, 0.5) is 0 Å². The van der Waals surface area contributed by atoms with Crippen LogP contribution in [0.2, 0.25) is 0 Å². The van der Waals surface area contributed by atoms with Crippen molar-refractivity contribution in [2.75, 3.05) is 19.6 Å². The molecule has 0 aliphatic carbocycles. The average Bonchev–Trinajstić information content (AvgIpc) is 3.58. The minimum absolute atomic E-state index is 0.0703. The number of unbranched alkanes of at least 4 members (excludes halogenated alkanes) is 12. The number of guanidine groups is 1. The third-order valence-corrected chi connectivity index (χ3v) is 8.66. The lowest BCUT2D eigenvalue weighted by atomic mass is 10.0. The summed E-state index contributed by atoms with van der Waals surface area (Å²) in [6.45, 7) is 3.37. The predicted molar refractivity (Wildman–Crippen MR) is 201 cm³/mol. The van der Waals surface area contributed by atoms with Crippen LogP contribution >= 0.6 is 0 Å². The van der Waals surface area contributed by atoms with Gasteiger partial charge in [-0.2, -0.15) is 0 Å². The van der Waals surface area contributed by atoms with E-state index in [0.717, 1.165) is 32.6 Å². The van der Waals surface area contributed by atoms with E-state index in [1.165, 1.54) is 62.7 Å². The zero-order valence-electron chi connectivity index (χ0n) is 31.9. The molecule has 0 saturated carbocycles. The maximum absolute atomic E-state index is 13.5. The zero-order valence-corrected chi connectivity index (χ0v) is 31.9. The van der Waals surface area contributed by atoms with Crippen LogP contribution in [0, 0.1) is 0 Å². The van der Waals surface area contributed by atoms with Crippen molar-refractivity contribution in [3.8, 4) is 0 Å². The van der Waals surface area contributed by atoms with E-state index in [-0.39, 0.29) is 50.8 Å². The van der Waals surface area contributed by atoms with E-state index >= 15 is 0 Å². The number of amides is 5. The molecule has 1 fully saturated rings. The molecule has 0 bridgehead atoms. The molecule has 17 nitrogen and oxygen atoms in total. The van der Waals surface area contributed by atoms with Gasteiger partial charge in [-0.3, -0.25) is 33.8 Å². The zero-order chi connectivity index (χ0) is 40.0. The lowest BCUT2D eigenvalue weighted by Crippen LogP contribution is -2.56. The van der Waals surface area contributed by atoms with Gasteiger partial charge >= 0.3 is 5.97 Å². The first-order valence-corrected chi connectivity index (χ1v) is 19.1. The van der Waals surface area contributed by atoms with E-state index in [1.54, 1.807) is 0 Å². The summed E-state index contributed by atoms with van der Waals surface area (Å²) in [5.41, 5.74) is 15.9. The molecule has 0 unspecified atom stereocenters. The van der Waals surface area contributed by atoms with Gasteiger partial charge in [-0.1, -0.05) is 84.0 Å². The summed E-state index contributed by atoms with van der Waals surface area (Å²) < 4.78 is 0. The van der Waals surface area contributed by atoms with Gasteiger partial charge in [-0.25, -0.2) is 4.79 Å². The number of aliphatic imine (C=N–C) groups is 1. The van der Waals surface area contributed by atoms with Crippen molar-refractivity contribution < 1.29 is 43.8 Å². The molecule has 1 heterocycles. The van der Waals surface area contributed by atoms with E-state index in [2.05, 4.69) is 27.9 Å². The number of primary amides is 1. The molecular weight excluding hydrogens is 688 g/mol. The number of carbonyl (C=O) groups is 7. The predicted octanol–water partition coefficient (Wildman–Crippen LogP) is 2.04. The molecule has 0 radical (unpaired) electrons. The Hall–Kier alpha value is -4.44. The van der Waals surface area contributed by atoms with Crippen LogP contribution in [0.15, 0.2) is 4.99 Å². The summed E-state index contributed by atoms with van der Waals surface area (Å²) in [5, 5.41) is 24.6. The number of carbonyl (C=O) groups excluding carboxylic acids is 5. The molecule has 3 atom stereocenters. The Bertz CT molecular complexity index is 1160. The molecule has 304 valence electrons. The van der Waals surface area contributed by atoms with Crippen molar-refractivity contribution in [3.05, 3.63) is 0 Å². The Balaban J connectivity index is 0.00000640. The Kier molecular flexibility index (Phi) is 27.5. The molecule has 5 amide bonds. The summed E-state index contributed by atoms with van der Waals surface area (Å²) in [4.78, 5) is 89.0. The monoisotopic (exact) mass is 754 g/mol. The Morgan fingerprint density at radius 1 is 0.736 bits per heavy atom. The highest BCUT2D eigenvalue weighted by atomic mass is 16.4. The summed E-state index contributed by atoms with van der Waals surface area (Å²) in [7, 11) is 0. The molecule has 1 rings (SSSR count). The number of rotatable bonds is 28. The van der Waals surface area contributed by atoms with Gasteiger partial charge in [-0.05, 0) is 38.5 Å². The first-order valence-electron chi connectivity index (χ1n) is 19.1. The SMILES string of the molecule is CC(=O)O.CCCCCCCCCCCCCCCC(=O)NCC(=O)N[C@@H](CCC(N)=O)C(=O)N1CCC[C@H]1C(=O)N[C@@H](CCCN=C(N)N)C(=O)O. The van der Waals surface area contributed by atoms with Crippen molar-refractivity contribution in [2.24, 2.45) is 22.2 Å². The van der Waals surface area contributed by atoms with Gasteiger partial charge in [0, 0.05) is 32.9 Å². The summed E-state index contributed by atoms with van der Waals surface area (Å²) in [5.74, 6) is -4.98. The van der Waals surface area contributed by atoms with Crippen molar-refractivity contribution >= 4 is 47.4 Å². The fraction of sp³-hybridized carbons (Fsp3) is 0.778. The number of hydrogen-bond donors (Lipinski definition) is 8. The largest absolute Gasteiger partial charge is 0.481 e. The van der Waals surface area contributed by atoms with Crippen molar-refractivity contribution in [2.45, 2.75) is 160 Å². The number of nitrogens with one attached hydrogen (secondary N) is 3. The third-order valence-electron chi connectivity index (χ3n) is 8.66. The van der Waals surface area contributed by atoms with E-state index < -0.39 is 53.7 Å². The number of carboxylic acids is 2. The Morgan fingerprint density at radius 2 is 1.28 bits per heavy atom. The average molecular weight is 755 g/mol. The van der Waals surface area contributed by atoms with Gasteiger partial charge < -0.3 is 48.3 Å². The van der Waals surface area contributed by atoms with Gasteiger partial charge in [0.25, 0.3) is 5.97 Å². The molecular formula is C36H66N8O9. The molecule has 0 aromatic carbocycles. The van der Waals surface area contributed by atoms with Crippen LogP contribution in [0.3, 0.4) is 0 Å². The number of hydrogen-bond acceptors (Lipinski definition) is 8.